The van der Waals surface area contributed by atoms with Crippen molar-refractivity contribution < 1.29 is 14.5 Å². The number of nitrogens with zero attached hydrogens (tertiary/aromatic N) is 2. The van der Waals surface area contributed by atoms with Crippen molar-refractivity contribution in [1.29, 1.82) is 0 Å². The van der Waals surface area contributed by atoms with Gasteiger partial charge in [0.2, 0.25) is 0 Å². The fourth-order valence-corrected chi connectivity index (χ4v) is 2.11. The molecule has 0 atom stereocenters. The molecule has 2 rings (SSSR count). The fraction of sp³-hybridized carbons (Fsp3) is 0.176. The topological polar surface area (TPSA) is 93.8 Å². The maximum Gasteiger partial charge on any atom is 0.272 e. The van der Waals surface area contributed by atoms with Gasteiger partial charge in [-0.1, -0.05) is 12.1 Å². The summed E-state index contributed by atoms with van der Waals surface area (Å²) in [6.07, 6.45) is 0. The van der Waals surface area contributed by atoms with Crippen LogP contribution in [0, 0.1) is 17.0 Å². The molecule has 7 heteroatoms. The number of ether oxygens (including phenoxy) is 1. The number of nitro groups is 1. The van der Waals surface area contributed by atoms with Gasteiger partial charge < -0.3 is 4.74 Å². The standard InChI is InChI=1S/C17H17N3O4/c1-11-9-14(7-8-16(11)20(22)23)17(21)19-18-12(2)13-5-4-6-15(10-13)24-3/h4-10H,1-3H3,(H,19,21)/b18-12+. The minimum Gasteiger partial charge on any atom is -0.497 e. The van der Waals surface area contributed by atoms with E-state index in [1.807, 2.05) is 18.2 Å². The second kappa shape index (κ2) is 7.36. The molecule has 0 aromatic heterocycles. The molecule has 0 aliphatic rings. The Hall–Kier alpha value is -3.22. The lowest BCUT2D eigenvalue weighted by Crippen LogP contribution is -2.19. The minimum atomic E-state index is -0.484. The Bertz CT molecular complexity index is 815. The van der Waals surface area contributed by atoms with Crippen LogP contribution in [0.5, 0.6) is 5.75 Å². The fourth-order valence-electron chi connectivity index (χ4n) is 2.11. The van der Waals surface area contributed by atoms with Gasteiger partial charge in [-0.3, -0.25) is 14.9 Å². The number of rotatable bonds is 5. The van der Waals surface area contributed by atoms with Crippen molar-refractivity contribution in [3.05, 3.63) is 69.3 Å². The third kappa shape index (κ3) is 3.95. The lowest BCUT2D eigenvalue weighted by molar-refractivity contribution is -0.385. The van der Waals surface area contributed by atoms with Gasteiger partial charge in [0.25, 0.3) is 11.6 Å². The first kappa shape index (κ1) is 17.1. The molecule has 2 aromatic rings. The molecule has 0 unspecified atom stereocenters. The van der Waals surface area contributed by atoms with E-state index in [0.717, 1.165) is 5.56 Å². The van der Waals surface area contributed by atoms with Crippen molar-refractivity contribution in [1.82, 2.24) is 5.43 Å². The van der Waals surface area contributed by atoms with Gasteiger partial charge in [0.1, 0.15) is 5.75 Å². The number of hydrogen-bond donors (Lipinski definition) is 1. The Morgan fingerprint density at radius 3 is 2.58 bits per heavy atom. The number of carbonyl (C=O) groups excluding carboxylic acids is 1. The molecule has 0 bridgehead atoms. The Kier molecular flexibility index (Phi) is 5.26. The number of benzene rings is 2. The first-order chi connectivity index (χ1) is 11.4. The number of hydrogen-bond acceptors (Lipinski definition) is 5. The van der Waals surface area contributed by atoms with E-state index in [1.165, 1.54) is 18.2 Å². The van der Waals surface area contributed by atoms with Crippen molar-refractivity contribution in [3.8, 4) is 5.75 Å². The zero-order valence-corrected chi connectivity index (χ0v) is 13.6. The maximum atomic E-state index is 12.1. The molecule has 0 fully saturated rings. The SMILES string of the molecule is COc1cccc(/C(C)=N/NC(=O)c2ccc([N+](=O)[O-])c(C)c2)c1. The van der Waals surface area contributed by atoms with Gasteiger partial charge in [-0.2, -0.15) is 5.10 Å². The number of methoxy groups -OCH3 is 1. The molecular formula is C17H17N3O4. The van der Waals surface area contributed by atoms with Crippen LogP contribution in [0.3, 0.4) is 0 Å². The van der Waals surface area contributed by atoms with Gasteiger partial charge in [-0.25, -0.2) is 5.43 Å². The number of nitrogens with one attached hydrogen (secondary N) is 1. The van der Waals surface area contributed by atoms with E-state index in [-0.39, 0.29) is 5.69 Å². The summed E-state index contributed by atoms with van der Waals surface area (Å²) < 4.78 is 5.15. The second-order valence-electron chi connectivity index (χ2n) is 5.13. The van der Waals surface area contributed by atoms with E-state index < -0.39 is 10.8 Å². The number of hydrazone groups is 1. The van der Waals surface area contributed by atoms with Crippen LogP contribution in [0.25, 0.3) is 0 Å². The first-order valence-corrected chi connectivity index (χ1v) is 7.16. The summed E-state index contributed by atoms with van der Waals surface area (Å²) in [4.78, 5) is 22.4. The van der Waals surface area contributed by atoms with Gasteiger partial charge in [-0.05, 0) is 38.1 Å². The maximum absolute atomic E-state index is 12.1. The summed E-state index contributed by atoms with van der Waals surface area (Å²) in [5, 5.41) is 14.9. The average molecular weight is 327 g/mol. The zero-order chi connectivity index (χ0) is 17.7. The van der Waals surface area contributed by atoms with Crippen LogP contribution in [0.2, 0.25) is 0 Å². The van der Waals surface area contributed by atoms with Crippen molar-refractivity contribution in [3.63, 3.8) is 0 Å². The predicted octanol–water partition coefficient (Wildman–Crippen LogP) is 3.07. The lowest BCUT2D eigenvalue weighted by atomic mass is 10.1. The van der Waals surface area contributed by atoms with Gasteiger partial charge in [0, 0.05) is 22.8 Å². The lowest BCUT2D eigenvalue weighted by Gasteiger charge is -2.06. The molecule has 124 valence electrons. The van der Waals surface area contributed by atoms with Crippen molar-refractivity contribution in [2.75, 3.05) is 7.11 Å². The molecule has 1 amide bonds. The summed E-state index contributed by atoms with van der Waals surface area (Å²) in [7, 11) is 1.57. The van der Waals surface area contributed by atoms with Crippen molar-refractivity contribution in [2.24, 2.45) is 5.10 Å². The number of carbonyl (C=O) groups is 1. The van der Waals surface area contributed by atoms with Gasteiger partial charge in [-0.15, -0.1) is 0 Å². The first-order valence-electron chi connectivity index (χ1n) is 7.16. The summed E-state index contributed by atoms with van der Waals surface area (Å²) >= 11 is 0. The average Bonchev–Trinajstić information content (AvgIpc) is 2.58. The molecule has 1 N–H and O–H groups in total. The Labute approximate surface area is 139 Å². The van der Waals surface area contributed by atoms with Crippen LogP contribution in [-0.2, 0) is 0 Å². The molecule has 0 heterocycles. The normalized spacial score (nSPS) is 11.0. The van der Waals surface area contributed by atoms with Gasteiger partial charge in [0.05, 0.1) is 17.7 Å². The van der Waals surface area contributed by atoms with E-state index >= 15 is 0 Å². The number of nitro benzene ring substituents is 1. The quantitative estimate of drug-likeness (QED) is 0.519. The molecule has 7 nitrogen and oxygen atoms in total. The second-order valence-corrected chi connectivity index (χ2v) is 5.13. The molecule has 24 heavy (non-hydrogen) atoms. The summed E-state index contributed by atoms with van der Waals surface area (Å²) in [6, 6.07) is 11.5. The van der Waals surface area contributed by atoms with Crippen LogP contribution in [0.1, 0.15) is 28.4 Å². The molecule has 0 aliphatic heterocycles. The molecule has 0 saturated heterocycles. The molecule has 0 spiro atoms. The van der Waals surface area contributed by atoms with E-state index in [9.17, 15) is 14.9 Å². The molecular weight excluding hydrogens is 310 g/mol. The third-order valence-corrected chi connectivity index (χ3v) is 3.47. The zero-order valence-electron chi connectivity index (χ0n) is 13.6. The van der Waals surface area contributed by atoms with E-state index in [4.69, 9.17) is 4.74 Å². The number of aryl methyl sites for hydroxylation is 1. The summed E-state index contributed by atoms with van der Waals surface area (Å²) in [5.41, 5.74) is 4.57. The van der Waals surface area contributed by atoms with Crippen LogP contribution < -0.4 is 10.2 Å². The summed E-state index contributed by atoms with van der Waals surface area (Å²) in [5.74, 6) is 0.259. The van der Waals surface area contributed by atoms with E-state index in [0.29, 0.717) is 22.6 Å². The van der Waals surface area contributed by atoms with E-state index in [2.05, 4.69) is 10.5 Å². The largest absolute Gasteiger partial charge is 0.497 e. The minimum absolute atomic E-state index is 0.0254. The van der Waals surface area contributed by atoms with Crippen LogP contribution in [0.4, 0.5) is 5.69 Å². The van der Waals surface area contributed by atoms with Crippen LogP contribution in [0.15, 0.2) is 47.6 Å². The van der Waals surface area contributed by atoms with Crippen LogP contribution >= 0.6 is 0 Å². The smallest absolute Gasteiger partial charge is 0.272 e. The monoisotopic (exact) mass is 327 g/mol. The molecule has 2 aromatic carbocycles. The van der Waals surface area contributed by atoms with Crippen LogP contribution in [-0.4, -0.2) is 23.7 Å². The summed E-state index contributed by atoms with van der Waals surface area (Å²) in [6.45, 7) is 3.34. The highest BCUT2D eigenvalue weighted by molar-refractivity contribution is 6.01. The Morgan fingerprint density at radius 2 is 1.96 bits per heavy atom. The Balaban J connectivity index is 2.14. The Morgan fingerprint density at radius 1 is 1.21 bits per heavy atom. The van der Waals surface area contributed by atoms with Crippen molar-refractivity contribution >= 4 is 17.3 Å². The highest BCUT2D eigenvalue weighted by atomic mass is 16.6. The predicted molar refractivity (Wildman–Crippen MR) is 90.5 cm³/mol. The van der Waals surface area contributed by atoms with Crippen molar-refractivity contribution in [2.45, 2.75) is 13.8 Å². The molecule has 0 saturated carbocycles. The highest BCUT2D eigenvalue weighted by Gasteiger charge is 2.13. The third-order valence-electron chi connectivity index (χ3n) is 3.47. The van der Waals surface area contributed by atoms with Gasteiger partial charge >= 0.3 is 0 Å². The molecule has 0 aliphatic carbocycles. The highest BCUT2D eigenvalue weighted by Crippen LogP contribution is 2.18. The van der Waals surface area contributed by atoms with E-state index in [1.54, 1.807) is 27.0 Å². The molecule has 0 radical (unpaired) electrons. The number of amides is 1. The van der Waals surface area contributed by atoms with Gasteiger partial charge in [0.15, 0.2) is 0 Å².